The topological polar surface area (TPSA) is 58.1 Å². The summed E-state index contributed by atoms with van der Waals surface area (Å²) in [7, 11) is 0. The summed E-state index contributed by atoms with van der Waals surface area (Å²) in [6, 6.07) is 7.40. The van der Waals surface area contributed by atoms with E-state index in [0.29, 0.717) is 11.6 Å². The zero-order chi connectivity index (χ0) is 16.2. The maximum Gasteiger partial charge on any atom is 0.274 e. The molecule has 6 heteroatoms. The van der Waals surface area contributed by atoms with Gasteiger partial charge in [0.15, 0.2) is 0 Å². The number of benzene rings is 1. The molecule has 2 heterocycles. The molecular formula is C17H19BrN4O. The number of hydrogen-bond acceptors (Lipinski definition) is 4. The highest BCUT2D eigenvalue weighted by Crippen LogP contribution is 2.21. The highest BCUT2D eigenvalue weighted by atomic mass is 79.9. The summed E-state index contributed by atoms with van der Waals surface area (Å²) in [5.74, 6) is 0.431. The molecular weight excluding hydrogens is 356 g/mol. The number of nitrogens with zero attached hydrogens (tertiary/aromatic N) is 3. The average Bonchev–Trinajstić information content (AvgIpc) is 2.58. The summed E-state index contributed by atoms with van der Waals surface area (Å²) in [6.45, 7) is 3.87. The predicted molar refractivity (Wildman–Crippen MR) is 94.9 cm³/mol. The number of amides is 1. The number of halogens is 1. The molecule has 1 fully saturated rings. The van der Waals surface area contributed by atoms with Gasteiger partial charge in [-0.2, -0.15) is 0 Å². The highest BCUT2D eigenvalue weighted by Gasteiger charge is 2.16. The number of aryl methyl sites for hydroxylation is 1. The van der Waals surface area contributed by atoms with E-state index in [0.717, 1.165) is 41.7 Å². The van der Waals surface area contributed by atoms with Gasteiger partial charge in [0.1, 0.15) is 5.69 Å². The van der Waals surface area contributed by atoms with Crippen molar-refractivity contribution < 1.29 is 4.79 Å². The van der Waals surface area contributed by atoms with E-state index in [2.05, 4.69) is 36.1 Å². The van der Waals surface area contributed by atoms with Gasteiger partial charge in [-0.1, -0.05) is 15.9 Å². The van der Waals surface area contributed by atoms with Crippen LogP contribution in [0, 0.1) is 6.92 Å². The minimum Gasteiger partial charge on any atom is -0.341 e. The summed E-state index contributed by atoms with van der Waals surface area (Å²) < 4.78 is 0.988. The van der Waals surface area contributed by atoms with Crippen LogP contribution in [0.3, 0.4) is 0 Å². The Morgan fingerprint density at radius 1 is 1.22 bits per heavy atom. The fourth-order valence-electron chi connectivity index (χ4n) is 2.67. The predicted octanol–water partition coefficient (Wildman–Crippen LogP) is 3.79. The molecule has 1 saturated heterocycles. The molecule has 0 unspecified atom stereocenters. The molecule has 0 radical (unpaired) electrons. The molecule has 0 bridgehead atoms. The van der Waals surface area contributed by atoms with Crippen LogP contribution < -0.4 is 10.2 Å². The molecule has 1 N–H and O–H groups in total. The molecule has 0 atom stereocenters. The average molecular weight is 375 g/mol. The Labute approximate surface area is 144 Å². The van der Waals surface area contributed by atoms with Crippen molar-refractivity contribution >= 4 is 33.5 Å². The van der Waals surface area contributed by atoms with Crippen LogP contribution in [0.4, 0.5) is 11.6 Å². The minimum absolute atomic E-state index is 0.212. The number of nitrogens with one attached hydrogen (secondary N) is 1. The SMILES string of the molecule is Cc1cc(Br)ccc1NC(=O)c1ccnc(N2CCCCC2)n1. The lowest BCUT2D eigenvalue weighted by atomic mass is 10.1. The van der Waals surface area contributed by atoms with Crippen molar-refractivity contribution in [1.82, 2.24) is 9.97 Å². The molecule has 5 nitrogen and oxygen atoms in total. The van der Waals surface area contributed by atoms with Crippen LogP contribution in [0.5, 0.6) is 0 Å². The summed E-state index contributed by atoms with van der Waals surface area (Å²) in [6.07, 6.45) is 5.20. The number of carbonyl (C=O) groups excluding carboxylic acids is 1. The molecule has 23 heavy (non-hydrogen) atoms. The minimum atomic E-state index is -0.212. The van der Waals surface area contributed by atoms with Crippen molar-refractivity contribution in [2.24, 2.45) is 0 Å². The van der Waals surface area contributed by atoms with Gasteiger partial charge in [0.2, 0.25) is 5.95 Å². The van der Waals surface area contributed by atoms with Crippen LogP contribution in [0.2, 0.25) is 0 Å². The Kier molecular flexibility index (Phi) is 4.91. The van der Waals surface area contributed by atoms with E-state index in [-0.39, 0.29) is 5.91 Å². The van der Waals surface area contributed by atoms with E-state index >= 15 is 0 Å². The summed E-state index contributed by atoms with van der Waals surface area (Å²) in [5, 5.41) is 2.92. The summed E-state index contributed by atoms with van der Waals surface area (Å²) >= 11 is 3.42. The second-order valence-electron chi connectivity index (χ2n) is 5.70. The van der Waals surface area contributed by atoms with Crippen molar-refractivity contribution in [2.45, 2.75) is 26.2 Å². The molecule has 0 spiro atoms. The molecule has 1 aromatic carbocycles. The van der Waals surface area contributed by atoms with Crippen LogP contribution in [0.1, 0.15) is 35.3 Å². The summed E-state index contributed by atoms with van der Waals surface area (Å²) in [5.41, 5.74) is 2.18. The zero-order valence-electron chi connectivity index (χ0n) is 13.1. The van der Waals surface area contributed by atoms with Crippen molar-refractivity contribution in [3.8, 4) is 0 Å². The van der Waals surface area contributed by atoms with E-state index in [4.69, 9.17) is 0 Å². The van der Waals surface area contributed by atoms with E-state index in [1.165, 1.54) is 6.42 Å². The van der Waals surface area contributed by atoms with Gasteiger partial charge < -0.3 is 10.2 Å². The highest BCUT2D eigenvalue weighted by molar-refractivity contribution is 9.10. The summed E-state index contributed by atoms with van der Waals surface area (Å²) in [4.78, 5) is 23.3. The third-order valence-corrected chi connectivity index (χ3v) is 4.44. The number of anilines is 2. The molecule has 2 aromatic rings. The lowest BCUT2D eigenvalue weighted by Gasteiger charge is -2.26. The largest absolute Gasteiger partial charge is 0.341 e. The fourth-order valence-corrected chi connectivity index (χ4v) is 3.15. The number of aromatic nitrogens is 2. The van der Waals surface area contributed by atoms with Crippen LogP contribution in [0.25, 0.3) is 0 Å². The van der Waals surface area contributed by atoms with Gasteiger partial charge in [0.25, 0.3) is 5.91 Å². The first kappa shape index (κ1) is 15.9. The number of carbonyl (C=O) groups is 1. The Hall–Kier alpha value is -1.95. The lowest BCUT2D eigenvalue weighted by molar-refractivity contribution is 0.102. The molecule has 1 aromatic heterocycles. The smallest absolute Gasteiger partial charge is 0.274 e. The molecule has 1 aliphatic rings. The third-order valence-electron chi connectivity index (χ3n) is 3.95. The second kappa shape index (κ2) is 7.08. The van der Waals surface area contributed by atoms with E-state index in [1.54, 1.807) is 12.3 Å². The van der Waals surface area contributed by atoms with E-state index < -0.39 is 0 Å². The Morgan fingerprint density at radius 2 is 2.00 bits per heavy atom. The molecule has 0 aliphatic carbocycles. The number of hydrogen-bond donors (Lipinski definition) is 1. The fraction of sp³-hybridized carbons (Fsp3) is 0.353. The van der Waals surface area contributed by atoms with E-state index in [1.807, 2.05) is 25.1 Å². The third kappa shape index (κ3) is 3.88. The first-order valence-corrected chi connectivity index (χ1v) is 8.58. The monoisotopic (exact) mass is 374 g/mol. The molecule has 1 aliphatic heterocycles. The lowest BCUT2D eigenvalue weighted by Crippen LogP contribution is -2.31. The standard InChI is InChI=1S/C17H19BrN4O/c1-12-11-13(18)5-6-14(12)20-16(23)15-7-8-19-17(21-15)22-9-3-2-4-10-22/h5-8,11H,2-4,9-10H2,1H3,(H,20,23). The Bertz CT molecular complexity index is 713. The van der Waals surface area contributed by atoms with Gasteiger partial charge in [0, 0.05) is 29.4 Å². The Morgan fingerprint density at radius 3 is 2.74 bits per heavy atom. The zero-order valence-corrected chi connectivity index (χ0v) is 14.6. The first-order chi connectivity index (χ1) is 11.1. The molecule has 3 rings (SSSR count). The van der Waals surface area contributed by atoms with Crippen molar-refractivity contribution in [3.05, 3.63) is 46.2 Å². The Balaban J connectivity index is 1.76. The van der Waals surface area contributed by atoms with Gasteiger partial charge in [0.05, 0.1) is 0 Å². The maximum absolute atomic E-state index is 12.5. The number of rotatable bonds is 3. The molecule has 120 valence electrons. The van der Waals surface area contributed by atoms with Gasteiger partial charge in [-0.25, -0.2) is 9.97 Å². The van der Waals surface area contributed by atoms with E-state index in [9.17, 15) is 4.79 Å². The number of piperidine rings is 1. The van der Waals surface area contributed by atoms with Gasteiger partial charge in [-0.05, 0) is 56.0 Å². The molecule has 1 amide bonds. The van der Waals surface area contributed by atoms with Gasteiger partial charge in [-0.3, -0.25) is 4.79 Å². The van der Waals surface area contributed by atoms with Crippen molar-refractivity contribution in [2.75, 3.05) is 23.3 Å². The van der Waals surface area contributed by atoms with Crippen molar-refractivity contribution in [1.29, 1.82) is 0 Å². The van der Waals surface area contributed by atoms with Crippen LogP contribution in [0.15, 0.2) is 34.9 Å². The normalized spacial score (nSPS) is 14.6. The van der Waals surface area contributed by atoms with Crippen LogP contribution in [-0.4, -0.2) is 29.0 Å². The second-order valence-corrected chi connectivity index (χ2v) is 6.62. The quantitative estimate of drug-likeness (QED) is 0.887. The van der Waals surface area contributed by atoms with Crippen LogP contribution in [-0.2, 0) is 0 Å². The maximum atomic E-state index is 12.5. The first-order valence-electron chi connectivity index (χ1n) is 7.79. The van der Waals surface area contributed by atoms with Crippen molar-refractivity contribution in [3.63, 3.8) is 0 Å². The van der Waals surface area contributed by atoms with Gasteiger partial charge >= 0.3 is 0 Å². The van der Waals surface area contributed by atoms with Crippen LogP contribution >= 0.6 is 15.9 Å². The molecule has 0 saturated carbocycles. The van der Waals surface area contributed by atoms with Gasteiger partial charge in [-0.15, -0.1) is 0 Å².